The third-order valence-electron chi connectivity index (χ3n) is 2.97. The molecule has 0 fully saturated rings. The second-order valence-corrected chi connectivity index (χ2v) is 7.06. The molecular formula is C13H19N3O3S2. The highest BCUT2D eigenvalue weighted by molar-refractivity contribution is 7.89. The maximum atomic E-state index is 12.0. The van der Waals surface area contributed by atoms with E-state index in [2.05, 4.69) is 5.32 Å². The van der Waals surface area contributed by atoms with Crippen molar-refractivity contribution in [1.29, 1.82) is 0 Å². The summed E-state index contributed by atoms with van der Waals surface area (Å²) in [6.07, 6.45) is 0. The van der Waals surface area contributed by atoms with Crippen LogP contribution in [0, 0.1) is 11.8 Å². The molecule has 0 saturated carbocycles. The van der Waals surface area contributed by atoms with E-state index in [9.17, 15) is 13.2 Å². The van der Waals surface area contributed by atoms with E-state index in [0.717, 1.165) is 5.56 Å². The first kappa shape index (κ1) is 17.5. The topological polar surface area (TPSA) is 115 Å². The molecule has 0 aliphatic rings. The quantitative estimate of drug-likeness (QED) is 0.658. The number of nitrogens with one attached hydrogen (secondary N) is 1. The average molecular weight is 329 g/mol. The van der Waals surface area contributed by atoms with Crippen LogP contribution >= 0.6 is 12.2 Å². The van der Waals surface area contributed by atoms with Crippen LogP contribution in [-0.2, 0) is 21.4 Å². The van der Waals surface area contributed by atoms with E-state index in [0.29, 0.717) is 0 Å². The van der Waals surface area contributed by atoms with Gasteiger partial charge in [0.1, 0.15) is 0 Å². The molecule has 0 aliphatic carbocycles. The Bertz CT molecular complexity index is 625. The number of primary sulfonamides is 1. The highest BCUT2D eigenvalue weighted by atomic mass is 32.2. The minimum Gasteiger partial charge on any atom is -0.393 e. The van der Waals surface area contributed by atoms with E-state index in [1.54, 1.807) is 12.1 Å². The minimum atomic E-state index is -3.71. The van der Waals surface area contributed by atoms with E-state index < -0.39 is 15.9 Å². The first-order valence-corrected chi connectivity index (χ1v) is 8.27. The van der Waals surface area contributed by atoms with Gasteiger partial charge in [-0.15, -0.1) is 0 Å². The molecule has 6 nitrogen and oxygen atoms in total. The standard InChI is InChI=1S/C13H19N3O3S2/c1-8(2)11(12(14)20)13(17)16-7-9-3-5-10(6-4-9)21(15,18)19/h3-6,8,11H,7H2,1-2H3,(H2,14,20)(H,16,17)(H2,15,18,19). The Labute approximate surface area is 129 Å². The van der Waals surface area contributed by atoms with Crippen LogP contribution in [0.5, 0.6) is 0 Å². The third kappa shape index (κ3) is 5.07. The maximum Gasteiger partial charge on any atom is 0.238 e. The van der Waals surface area contributed by atoms with Gasteiger partial charge in [0.15, 0.2) is 0 Å². The van der Waals surface area contributed by atoms with Gasteiger partial charge in [-0.3, -0.25) is 4.79 Å². The summed E-state index contributed by atoms with van der Waals surface area (Å²) in [5, 5.41) is 7.74. The van der Waals surface area contributed by atoms with Gasteiger partial charge < -0.3 is 11.1 Å². The molecular weight excluding hydrogens is 310 g/mol. The fraction of sp³-hybridized carbons (Fsp3) is 0.385. The molecule has 5 N–H and O–H groups in total. The summed E-state index contributed by atoms with van der Waals surface area (Å²) in [5.74, 6) is -0.760. The van der Waals surface area contributed by atoms with E-state index in [1.165, 1.54) is 12.1 Å². The molecule has 0 bridgehead atoms. The van der Waals surface area contributed by atoms with Gasteiger partial charge in [0.25, 0.3) is 0 Å². The second-order valence-electron chi connectivity index (χ2n) is 5.03. The number of thiocarbonyl (C=S) groups is 1. The van der Waals surface area contributed by atoms with E-state index >= 15 is 0 Å². The zero-order chi connectivity index (χ0) is 16.2. The van der Waals surface area contributed by atoms with Crippen molar-refractivity contribution < 1.29 is 13.2 Å². The fourth-order valence-electron chi connectivity index (χ4n) is 1.86. The number of benzene rings is 1. The first-order valence-electron chi connectivity index (χ1n) is 6.31. The van der Waals surface area contributed by atoms with Gasteiger partial charge in [-0.2, -0.15) is 0 Å². The van der Waals surface area contributed by atoms with Crippen LogP contribution in [0.3, 0.4) is 0 Å². The number of nitrogens with two attached hydrogens (primary N) is 2. The Hall–Kier alpha value is -1.51. The summed E-state index contributed by atoms with van der Waals surface area (Å²) >= 11 is 4.89. The van der Waals surface area contributed by atoms with Crippen molar-refractivity contribution in [1.82, 2.24) is 5.32 Å². The summed E-state index contributed by atoms with van der Waals surface area (Å²) in [6.45, 7) is 3.99. The molecule has 1 amide bonds. The first-order chi connectivity index (χ1) is 9.62. The molecule has 0 aromatic heterocycles. The van der Waals surface area contributed by atoms with Gasteiger partial charge in [-0.1, -0.05) is 38.2 Å². The molecule has 21 heavy (non-hydrogen) atoms. The maximum absolute atomic E-state index is 12.0. The molecule has 1 atom stereocenters. The highest BCUT2D eigenvalue weighted by Gasteiger charge is 2.24. The van der Waals surface area contributed by atoms with Gasteiger partial charge in [-0.25, -0.2) is 13.6 Å². The van der Waals surface area contributed by atoms with Crippen LogP contribution in [0.1, 0.15) is 19.4 Å². The highest BCUT2D eigenvalue weighted by Crippen LogP contribution is 2.12. The molecule has 1 aromatic carbocycles. The van der Waals surface area contributed by atoms with Crippen molar-refractivity contribution in [2.75, 3.05) is 0 Å². The zero-order valence-electron chi connectivity index (χ0n) is 11.9. The minimum absolute atomic E-state index is 0.00672. The van der Waals surface area contributed by atoms with Gasteiger partial charge in [0, 0.05) is 6.54 Å². The van der Waals surface area contributed by atoms with Crippen molar-refractivity contribution in [3.63, 3.8) is 0 Å². The van der Waals surface area contributed by atoms with Crippen LogP contribution < -0.4 is 16.2 Å². The summed E-state index contributed by atoms with van der Waals surface area (Å²) in [4.78, 5) is 12.2. The summed E-state index contributed by atoms with van der Waals surface area (Å²) < 4.78 is 22.3. The van der Waals surface area contributed by atoms with E-state index in [-0.39, 0.29) is 28.3 Å². The number of hydrogen-bond acceptors (Lipinski definition) is 4. The van der Waals surface area contributed by atoms with Crippen LogP contribution in [-0.4, -0.2) is 19.3 Å². The molecule has 1 unspecified atom stereocenters. The molecule has 0 aliphatic heterocycles. The number of carbonyl (C=O) groups is 1. The molecule has 0 heterocycles. The van der Waals surface area contributed by atoms with Crippen molar-refractivity contribution in [2.45, 2.75) is 25.3 Å². The molecule has 116 valence electrons. The number of sulfonamides is 1. The lowest BCUT2D eigenvalue weighted by Crippen LogP contribution is -2.40. The van der Waals surface area contributed by atoms with Gasteiger partial charge >= 0.3 is 0 Å². The monoisotopic (exact) mass is 329 g/mol. The van der Waals surface area contributed by atoms with Crippen LogP contribution in [0.2, 0.25) is 0 Å². The number of hydrogen-bond donors (Lipinski definition) is 3. The zero-order valence-corrected chi connectivity index (χ0v) is 13.5. The van der Waals surface area contributed by atoms with Crippen molar-refractivity contribution >= 4 is 33.1 Å². The third-order valence-corrected chi connectivity index (χ3v) is 4.16. The largest absolute Gasteiger partial charge is 0.393 e. The lowest BCUT2D eigenvalue weighted by Gasteiger charge is -2.18. The predicted octanol–water partition coefficient (Wildman–Crippen LogP) is 0.509. The molecule has 1 aromatic rings. The van der Waals surface area contributed by atoms with Crippen LogP contribution in [0.4, 0.5) is 0 Å². The molecule has 1 rings (SSSR count). The second kappa shape index (κ2) is 6.97. The van der Waals surface area contributed by atoms with Gasteiger partial charge in [0.2, 0.25) is 15.9 Å². The van der Waals surface area contributed by atoms with Gasteiger partial charge in [-0.05, 0) is 23.6 Å². The Morgan fingerprint density at radius 3 is 2.19 bits per heavy atom. The number of amides is 1. The molecule has 8 heteroatoms. The predicted molar refractivity (Wildman–Crippen MR) is 84.8 cm³/mol. The lowest BCUT2D eigenvalue weighted by molar-refractivity contribution is -0.124. The smallest absolute Gasteiger partial charge is 0.238 e. The van der Waals surface area contributed by atoms with Crippen LogP contribution in [0.15, 0.2) is 29.2 Å². The molecule has 0 saturated heterocycles. The summed E-state index contributed by atoms with van der Waals surface area (Å²) in [6, 6.07) is 5.96. The van der Waals surface area contributed by atoms with Gasteiger partial charge in [0.05, 0.1) is 15.8 Å². The van der Waals surface area contributed by atoms with Crippen molar-refractivity contribution in [2.24, 2.45) is 22.7 Å². The Morgan fingerprint density at radius 1 is 1.29 bits per heavy atom. The van der Waals surface area contributed by atoms with Crippen LogP contribution in [0.25, 0.3) is 0 Å². The Morgan fingerprint density at radius 2 is 1.81 bits per heavy atom. The number of carbonyl (C=O) groups excluding carboxylic acids is 1. The van der Waals surface area contributed by atoms with E-state index in [4.69, 9.17) is 23.1 Å². The Kier molecular flexibility index (Phi) is 5.82. The lowest BCUT2D eigenvalue weighted by atomic mass is 9.95. The summed E-state index contributed by atoms with van der Waals surface area (Å²) in [7, 11) is -3.71. The Balaban J connectivity index is 2.71. The van der Waals surface area contributed by atoms with E-state index in [1.807, 2.05) is 13.8 Å². The van der Waals surface area contributed by atoms with Crippen molar-refractivity contribution in [3.8, 4) is 0 Å². The molecule has 0 spiro atoms. The summed E-state index contributed by atoms with van der Waals surface area (Å²) in [5.41, 5.74) is 6.32. The fourth-order valence-corrected chi connectivity index (χ4v) is 2.75. The normalized spacial score (nSPS) is 13.0. The van der Waals surface area contributed by atoms with Crippen molar-refractivity contribution in [3.05, 3.63) is 29.8 Å². The number of rotatable bonds is 6. The average Bonchev–Trinajstić information content (AvgIpc) is 2.35. The molecule has 0 radical (unpaired) electrons. The SMILES string of the molecule is CC(C)C(C(=O)NCc1ccc(S(N)(=O)=O)cc1)C(N)=S.